The number of hydrogen-bond donors (Lipinski definition) is 2. The van der Waals surface area contributed by atoms with Crippen molar-refractivity contribution < 1.29 is 8.42 Å². The number of nitrogens with one attached hydrogen (secondary N) is 1. The molecule has 5 nitrogen and oxygen atoms in total. The second kappa shape index (κ2) is 6.30. The maximum atomic E-state index is 12.5. The first kappa shape index (κ1) is 15.6. The lowest BCUT2D eigenvalue weighted by Crippen LogP contribution is -2.29. The van der Waals surface area contributed by atoms with Crippen molar-refractivity contribution in [1.29, 1.82) is 0 Å². The van der Waals surface area contributed by atoms with Crippen LogP contribution in [0.5, 0.6) is 0 Å². The fourth-order valence-electron chi connectivity index (χ4n) is 1.89. The first-order valence-corrected chi connectivity index (χ1v) is 8.13. The number of nitrogens with zero attached hydrogens (tertiary/aromatic N) is 1. The number of aromatic nitrogens is 1. The van der Waals surface area contributed by atoms with E-state index in [0.29, 0.717) is 11.3 Å². The van der Waals surface area contributed by atoms with Crippen LogP contribution in [0.15, 0.2) is 53.6 Å². The summed E-state index contributed by atoms with van der Waals surface area (Å²) in [4.78, 5) is 4.25. The summed E-state index contributed by atoms with van der Waals surface area (Å²) >= 11 is 4.90. The van der Waals surface area contributed by atoms with Crippen molar-refractivity contribution >= 4 is 27.2 Å². The average Bonchev–Trinajstić information content (AvgIpc) is 2.47. The molecule has 0 fully saturated rings. The van der Waals surface area contributed by atoms with Gasteiger partial charge in [0.2, 0.25) is 10.0 Å². The van der Waals surface area contributed by atoms with Crippen molar-refractivity contribution in [3.8, 4) is 0 Å². The molecule has 3 N–H and O–H groups in total. The number of sulfonamides is 1. The van der Waals surface area contributed by atoms with Gasteiger partial charge in [0.05, 0.1) is 16.6 Å². The molecule has 0 radical (unpaired) electrons. The molecule has 2 aromatic rings. The van der Waals surface area contributed by atoms with Crippen LogP contribution in [0.4, 0.5) is 0 Å². The third-order valence-corrected chi connectivity index (χ3v) is 4.72. The number of rotatable bonds is 5. The van der Waals surface area contributed by atoms with Crippen molar-refractivity contribution in [2.75, 3.05) is 0 Å². The van der Waals surface area contributed by atoms with Crippen LogP contribution in [0.1, 0.15) is 24.2 Å². The zero-order valence-corrected chi connectivity index (χ0v) is 13.0. The van der Waals surface area contributed by atoms with Crippen molar-refractivity contribution in [3.05, 3.63) is 59.9 Å². The molecule has 0 aliphatic rings. The monoisotopic (exact) mass is 321 g/mol. The Labute approximate surface area is 129 Å². The lowest BCUT2D eigenvalue weighted by Gasteiger charge is -2.15. The second-order valence-electron chi connectivity index (χ2n) is 4.46. The summed E-state index contributed by atoms with van der Waals surface area (Å²) in [7, 11) is -3.74. The average molecular weight is 321 g/mol. The predicted octanol–water partition coefficient (Wildman–Crippen LogP) is 1.76. The van der Waals surface area contributed by atoms with E-state index >= 15 is 0 Å². The van der Waals surface area contributed by atoms with Gasteiger partial charge in [-0.3, -0.25) is 4.98 Å². The minimum absolute atomic E-state index is 0.0430. The van der Waals surface area contributed by atoms with E-state index in [1.165, 1.54) is 6.07 Å². The summed E-state index contributed by atoms with van der Waals surface area (Å²) in [5, 5.41) is 0. The molecular formula is C14H15N3O2S2. The van der Waals surface area contributed by atoms with Gasteiger partial charge in [0, 0.05) is 11.8 Å². The molecule has 2 rings (SSSR count). The van der Waals surface area contributed by atoms with Crippen molar-refractivity contribution in [2.24, 2.45) is 5.73 Å². The minimum Gasteiger partial charge on any atom is -0.389 e. The summed E-state index contributed by atoms with van der Waals surface area (Å²) in [6.45, 7) is 1.73. The largest absolute Gasteiger partial charge is 0.389 e. The molecule has 0 bridgehead atoms. The minimum atomic E-state index is -3.74. The third kappa shape index (κ3) is 3.63. The quantitative estimate of drug-likeness (QED) is 0.820. The van der Waals surface area contributed by atoms with Crippen molar-refractivity contribution in [3.63, 3.8) is 0 Å². The Kier molecular flexibility index (Phi) is 4.66. The molecular weight excluding hydrogens is 306 g/mol. The van der Waals surface area contributed by atoms with Gasteiger partial charge in [-0.25, -0.2) is 13.1 Å². The Morgan fingerprint density at radius 1 is 1.24 bits per heavy atom. The Balaban J connectivity index is 2.34. The Morgan fingerprint density at radius 3 is 2.52 bits per heavy atom. The Bertz CT molecular complexity index is 746. The number of nitrogens with two attached hydrogens (primary N) is 1. The standard InChI is InChI=1S/C14H15N3O2S2/c1-10(12-7-4-5-9-16-12)17-21(18,19)13-8-3-2-6-11(13)14(15)20/h2-10,17H,1H3,(H2,15,20). The highest BCUT2D eigenvalue weighted by atomic mass is 32.2. The van der Waals surface area contributed by atoms with E-state index in [2.05, 4.69) is 9.71 Å². The van der Waals surface area contributed by atoms with Gasteiger partial charge in [-0.2, -0.15) is 0 Å². The van der Waals surface area contributed by atoms with E-state index in [9.17, 15) is 8.42 Å². The highest BCUT2D eigenvalue weighted by molar-refractivity contribution is 7.89. The van der Waals surface area contributed by atoms with E-state index in [1.807, 2.05) is 0 Å². The molecule has 0 aliphatic heterocycles. The van der Waals surface area contributed by atoms with E-state index in [4.69, 9.17) is 18.0 Å². The molecule has 1 aromatic heterocycles. The maximum Gasteiger partial charge on any atom is 0.241 e. The van der Waals surface area contributed by atoms with Crippen LogP contribution >= 0.6 is 12.2 Å². The SMILES string of the molecule is CC(NS(=O)(=O)c1ccccc1C(N)=S)c1ccccn1. The van der Waals surface area contributed by atoms with Crippen molar-refractivity contribution in [2.45, 2.75) is 17.9 Å². The maximum absolute atomic E-state index is 12.5. The molecule has 1 aromatic carbocycles. The number of thiocarbonyl (C=S) groups is 1. The molecule has 0 amide bonds. The molecule has 0 saturated carbocycles. The van der Waals surface area contributed by atoms with Crippen LogP contribution < -0.4 is 10.5 Å². The number of benzene rings is 1. The zero-order chi connectivity index (χ0) is 15.5. The lowest BCUT2D eigenvalue weighted by molar-refractivity contribution is 0.564. The molecule has 0 aliphatic carbocycles. The van der Waals surface area contributed by atoms with Gasteiger partial charge in [-0.1, -0.05) is 36.5 Å². The predicted molar refractivity (Wildman–Crippen MR) is 85.3 cm³/mol. The highest BCUT2D eigenvalue weighted by Crippen LogP contribution is 2.18. The summed E-state index contributed by atoms with van der Waals surface area (Å²) < 4.78 is 27.6. The molecule has 0 saturated heterocycles. The molecule has 110 valence electrons. The van der Waals surface area contributed by atoms with Crippen LogP contribution in [0.25, 0.3) is 0 Å². The van der Waals surface area contributed by atoms with Gasteiger partial charge in [-0.15, -0.1) is 0 Å². The van der Waals surface area contributed by atoms with Crippen LogP contribution in [0.3, 0.4) is 0 Å². The van der Waals surface area contributed by atoms with Gasteiger partial charge < -0.3 is 5.73 Å². The molecule has 1 heterocycles. The first-order chi connectivity index (χ1) is 9.92. The van der Waals surface area contributed by atoms with Gasteiger partial charge >= 0.3 is 0 Å². The van der Waals surface area contributed by atoms with Gasteiger partial charge in [-0.05, 0) is 25.1 Å². The van der Waals surface area contributed by atoms with E-state index in [0.717, 1.165) is 0 Å². The van der Waals surface area contributed by atoms with E-state index < -0.39 is 16.1 Å². The summed E-state index contributed by atoms with van der Waals surface area (Å²) in [6.07, 6.45) is 1.61. The van der Waals surface area contributed by atoms with E-state index in [-0.39, 0.29) is 9.88 Å². The van der Waals surface area contributed by atoms with Crippen LogP contribution in [0, 0.1) is 0 Å². The summed E-state index contributed by atoms with van der Waals surface area (Å²) in [6, 6.07) is 11.2. The van der Waals surface area contributed by atoms with Gasteiger partial charge in [0.25, 0.3) is 0 Å². The Morgan fingerprint density at radius 2 is 1.90 bits per heavy atom. The fraction of sp³-hybridized carbons (Fsp3) is 0.143. The molecule has 1 unspecified atom stereocenters. The molecule has 1 atom stereocenters. The van der Waals surface area contributed by atoms with Gasteiger partial charge in [0.15, 0.2) is 0 Å². The third-order valence-electron chi connectivity index (χ3n) is 2.91. The summed E-state index contributed by atoms with van der Waals surface area (Å²) in [5.74, 6) is 0. The normalized spacial score (nSPS) is 12.8. The van der Waals surface area contributed by atoms with Crippen LogP contribution in [0.2, 0.25) is 0 Å². The smallest absolute Gasteiger partial charge is 0.241 e. The van der Waals surface area contributed by atoms with E-state index in [1.54, 1.807) is 49.5 Å². The van der Waals surface area contributed by atoms with Crippen LogP contribution in [-0.2, 0) is 10.0 Å². The molecule has 7 heteroatoms. The first-order valence-electron chi connectivity index (χ1n) is 6.24. The topological polar surface area (TPSA) is 85.1 Å². The van der Waals surface area contributed by atoms with Crippen molar-refractivity contribution in [1.82, 2.24) is 9.71 Å². The molecule has 0 spiro atoms. The second-order valence-corrected chi connectivity index (χ2v) is 6.58. The highest BCUT2D eigenvalue weighted by Gasteiger charge is 2.22. The lowest BCUT2D eigenvalue weighted by atomic mass is 10.2. The fourth-order valence-corrected chi connectivity index (χ4v) is 3.57. The Hall–Kier alpha value is -1.83. The zero-order valence-electron chi connectivity index (χ0n) is 11.4. The molecule has 21 heavy (non-hydrogen) atoms. The van der Waals surface area contributed by atoms with Crippen LogP contribution in [-0.4, -0.2) is 18.4 Å². The number of pyridine rings is 1. The van der Waals surface area contributed by atoms with Gasteiger partial charge in [0.1, 0.15) is 4.99 Å². The number of hydrogen-bond acceptors (Lipinski definition) is 4. The summed E-state index contributed by atoms with van der Waals surface area (Å²) in [5.41, 5.74) is 6.54.